The van der Waals surface area contributed by atoms with Crippen LogP contribution in [0.3, 0.4) is 0 Å². The zero-order chi connectivity index (χ0) is 29.4. The summed E-state index contributed by atoms with van der Waals surface area (Å²) in [6.07, 6.45) is 4.71. The van der Waals surface area contributed by atoms with Crippen LogP contribution >= 0.6 is 0 Å². The molecule has 10 nitrogen and oxygen atoms in total. The predicted molar refractivity (Wildman–Crippen MR) is 154 cm³/mol. The lowest BCUT2D eigenvalue weighted by Crippen LogP contribution is -2.63. The molecule has 0 radical (unpaired) electrons. The van der Waals surface area contributed by atoms with Crippen LogP contribution < -0.4 is 15.5 Å². The molecular formula is C31H38N4O6. The molecule has 4 rings (SSSR count). The molecule has 0 unspecified atom stereocenters. The smallest absolute Gasteiger partial charge is 0.410 e. The van der Waals surface area contributed by atoms with Crippen molar-refractivity contribution in [2.75, 3.05) is 24.5 Å². The average Bonchev–Trinajstić information content (AvgIpc) is 2.93. The van der Waals surface area contributed by atoms with Crippen molar-refractivity contribution < 1.29 is 28.7 Å². The molecule has 0 aromatic heterocycles. The van der Waals surface area contributed by atoms with Crippen molar-refractivity contribution in [1.82, 2.24) is 15.5 Å². The number of carbonyl (C=O) groups excluding carboxylic acids is 4. The van der Waals surface area contributed by atoms with E-state index in [0.717, 1.165) is 11.1 Å². The van der Waals surface area contributed by atoms with Gasteiger partial charge in [0, 0.05) is 12.2 Å². The largest absolute Gasteiger partial charge is 0.445 e. The normalized spacial score (nSPS) is 20.7. The Balaban J connectivity index is 1.58. The Hall–Kier alpha value is -4.34. The summed E-state index contributed by atoms with van der Waals surface area (Å²) >= 11 is 0. The highest BCUT2D eigenvalue weighted by molar-refractivity contribution is 6.04. The van der Waals surface area contributed by atoms with Gasteiger partial charge in [-0.05, 0) is 63.3 Å². The van der Waals surface area contributed by atoms with Crippen molar-refractivity contribution in [3.63, 3.8) is 0 Å². The number of alkyl carbamates (subject to hydrolysis) is 1. The predicted octanol–water partition coefficient (Wildman–Crippen LogP) is 4.46. The lowest BCUT2D eigenvalue weighted by Gasteiger charge is -2.40. The van der Waals surface area contributed by atoms with Gasteiger partial charge in [0.25, 0.3) is 0 Å². The maximum absolute atomic E-state index is 13.5. The number of anilines is 1. The summed E-state index contributed by atoms with van der Waals surface area (Å²) in [6.45, 7) is 5.54. The van der Waals surface area contributed by atoms with E-state index in [9.17, 15) is 19.2 Å². The summed E-state index contributed by atoms with van der Waals surface area (Å²) in [5.74, 6) is -0.764. The van der Waals surface area contributed by atoms with Crippen molar-refractivity contribution in [3.05, 3.63) is 77.9 Å². The topological polar surface area (TPSA) is 117 Å². The van der Waals surface area contributed by atoms with Crippen LogP contribution in [0.15, 0.2) is 66.7 Å². The molecule has 0 saturated carbocycles. The van der Waals surface area contributed by atoms with Gasteiger partial charge in [-0.1, -0.05) is 54.6 Å². The zero-order valence-corrected chi connectivity index (χ0v) is 23.8. The van der Waals surface area contributed by atoms with Gasteiger partial charge in [0.2, 0.25) is 11.8 Å². The van der Waals surface area contributed by atoms with E-state index in [4.69, 9.17) is 9.47 Å². The van der Waals surface area contributed by atoms with Gasteiger partial charge in [0.1, 0.15) is 24.8 Å². The highest BCUT2D eigenvalue weighted by atomic mass is 16.6. The lowest BCUT2D eigenvalue weighted by molar-refractivity contribution is -0.129. The van der Waals surface area contributed by atoms with Crippen LogP contribution in [0.25, 0.3) is 0 Å². The second-order valence-electron chi connectivity index (χ2n) is 11.1. The number of rotatable bonds is 3. The molecule has 4 amide bonds. The molecule has 2 aromatic carbocycles. The van der Waals surface area contributed by atoms with E-state index in [1.165, 1.54) is 9.80 Å². The Labute approximate surface area is 240 Å². The Kier molecular flexibility index (Phi) is 9.65. The minimum absolute atomic E-state index is 0.0138. The molecule has 10 heteroatoms. The molecule has 2 aliphatic heterocycles. The fraction of sp³-hybridized carbons (Fsp3) is 0.419. The first-order valence-corrected chi connectivity index (χ1v) is 13.9. The third kappa shape index (κ3) is 8.33. The fourth-order valence-electron chi connectivity index (χ4n) is 4.77. The van der Waals surface area contributed by atoms with E-state index in [1.54, 1.807) is 39.0 Å². The van der Waals surface area contributed by atoms with Crippen LogP contribution in [-0.2, 0) is 25.7 Å². The van der Waals surface area contributed by atoms with Gasteiger partial charge < -0.3 is 20.1 Å². The third-order valence-electron chi connectivity index (χ3n) is 6.71. The number of carbonyl (C=O) groups is 4. The molecular weight excluding hydrogens is 524 g/mol. The number of nitrogens with one attached hydrogen (secondary N) is 2. The van der Waals surface area contributed by atoms with Crippen molar-refractivity contribution in [2.45, 2.75) is 64.3 Å². The quantitative estimate of drug-likeness (QED) is 0.534. The number of ether oxygens (including phenoxy) is 2. The zero-order valence-electron chi connectivity index (χ0n) is 23.8. The number of fused-ring (bicyclic) bond motifs is 4. The molecule has 2 heterocycles. The van der Waals surface area contributed by atoms with Gasteiger partial charge in [0.05, 0.1) is 12.6 Å². The third-order valence-corrected chi connectivity index (χ3v) is 6.71. The summed E-state index contributed by atoms with van der Waals surface area (Å²) < 4.78 is 10.9. The van der Waals surface area contributed by atoms with E-state index < -0.39 is 35.8 Å². The average molecular weight is 563 g/mol. The summed E-state index contributed by atoms with van der Waals surface area (Å²) in [7, 11) is 0. The molecule has 0 aliphatic carbocycles. The summed E-state index contributed by atoms with van der Waals surface area (Å²) in [5, 5.41) is 5.86. The van der Waals surface area contributed by atoms with Crippen molar-refractivity contribution in [2.24, 2.45) is 0 Å². The van der Waals surface area contributed by atoms with Crippen molar-refractivity contribution >= 4 is 29.7 Å². The van der Waals surface area contributed by atoms with Gasteiger partial charge in [0.15, 0.2) is 0 Å². The van der Waals surface area contributed by atoms with E-state index in [2.05, 4.69) is 10.6 Å². The van der Waals surface area contributed by atoms with Gasteiger partial charge in [-0.2, -0.15) is 0 Å². The lowest BCUT2D eigenvalue weighted by atomic mass is 9.99. The van der Waals surface area contributed by atoms with Gasteiger partial charge in [-0.15, -0.1) is 0 Å². The van der Waals surface area contributed by atoms with E-state index in [-0.39, 0.29) is 25.6 Å². The molecule has 218 valence electrons. The second-order valence-corrected chi connectivity index (χ2v) is 11.1. The number of benzene rings is 2. The van der Waals surface area contributed by atoms with Crippen molar-refractivity contribution in [3.8, 4) is 0 Å². The molecule has 0 spiro atoms. The molecule has 41 heavy (non-hydrogen) atoms. The Morgan fingerprint density at radius 3 is 2.54 bits per heavy atom. The first-order valence-electron chi connectivity index (χ1n) is 13.9. The van der Waals surface area contributed by atoms with E-state index in [0.29, 0.717) is 31.5 Å². The van der Waals surface area contributed by atoms with Crippen molar-refractivity contribution in [1.29, 1.82) is 0 Å². The van der Waals surface area contributed by atoms with Crippen LogP contribution in [0.5, 0.6) is 0 Å². The molecule has 2 atom stereocenters. The van der Waals surface area contributed by atoms with Crippen LogP contribution in [0.1, 0.15) is 57.2 Å². The van der Waals surface area contributed by atoms with Crippen LogP contribution in [0, 0.1) is 0 Å². The highest BCUT2D eigenvalue weighted by Crippen LogP contribution is 2.28. The minimum atomic E-state index is -0.951. The van der Waals surface area contributed by atoms with Gasteiger partial charge in [-0.25, -0.2) is 9.59 Å². The van der Waals surface area contributed by atoms with Gasteiger partial charge >= 0.3 is 12.2 Å². The van der Waals surface area contributed by atoms with Crippen LogP contribution in [0.4, 0.5) is 15.3 Å². The number of hydrogen-bond donors (Lipinski definition) is 2. The maximum atomic E-state index is 13.5. The van der Waals surface area contributed by atoms with Crippen LogP contribution in [-0.4, -0.2) is 60.2 Å². The Morgan fingerprint density at radius 1 is 1.02 bits per heavy atom. The second kappa shape index (κ2) is 13.3. The fourth-order valence-corrected chi connectivity index (χ4v) is 4.77. The van der Waals surface area contributed by atoms with Crippen LogP contribution in [0.2, 0.25) is 0 Å². The number of hydrogen-bond acceptors (Lipinski definition) is 6. The van der Waals surface area contributed by atoms with E-state index >= 15 is 0 Å². The number of allylic oxidation sites excluding steroid dienone is 1. The first kappa shape index (κ1) is 29.6. The first-order chi connectivity index (χ1) is 19.6. The summed E-state index contributed by atoms with van der Waals surface area (Å²) in [4.78, 5) is 55.1. The molecule has 1 saturated heterocycles. The standard InChI is InChI=1S/C31H38N4O6/c1-31(2,3)41-30(39)34-19-26-28(37)32-17-10-5-4-9-16-25(33-29(38)40-21-22-12-7-6-8-13-22)23-14-11-15-24(18-23)35(26)27(36)20-34/h4-8,11-15,18,25-26H,9-10,16-17,19-21H2,1-3H3,(H,32,37)(H,33,38)/b5-4+/t25-,26-/m0/s1. The SMILES string of the molecule is CC(C)(C)OC(=O)N1CC(=O)N2c3cccc(c3)[C@@H](NC(=O)OCc3ccccc3)CC/C=C/CCNC(=O)[C@@H]2C1. The molecule has 1 fully saturated rings. The number of piperazine rings is 1. The Morgan fingerprint density at radius 2 is 1.78 bits per heavy atom. The maximum Gasteiger partial charge on any atom is 0.410 e. The monoisotopic (exact) mass is 562 g/mol. The molecule has 2 aromatic rings. The number of amides is 4. The molecule has 2 N–H and O–H groups in total. The highest BCUT2D eigenvalue weighted by Gasteiger charge is 2.41. The van der Waals surface area contributed by atoms with Gasteiger partial charge in [-0.3, -0.25) is 19.4 Å². The van der Waals surface area contributed by atoms with E-state index in [1.807, 2.05) is 48.6 Å². The summed E-state index contributed by atoms with van der Waals surface area (Å²) in [6, 6.07) is 15.3. The minimum Gasteiger partial charge on any atom is -0.445 e. The Bertz CT molecular complexity index is 1270. The number of nitrogens with zero attached hydrogens (tertiary/aromatic N) is 2. The molecule has 2 bridgehead atoms. The molecule has 2 aliphatic rings. The summed E-state index contributed by atoms with van der Waals surface area (Å²) in [5.41, 5.74) is 1.42.